The summed E-state index contributed by atoms with van der Waals surface area (Å²) in [6.07, 6.45) is 3.31. The van der Waals surface area contributed by atoms with Crippen molar-refractivity contribution in [2.75, 3.05) is 13.2 Å². The van der Waals surface area contributed by atoms with Gasteiger partial charge in [-0.3, -0.25) is 14.4 Å². The summed E-state index contributed by atoms with van der Waals surface area (Å²) in [6.45, 7) is 5.69. The fraction of sp³-hybridized carbons (Fsp3) is 0.542. The van der Waals surface area contributed by atoms with E-state index >= 15 is 0 Å². The number of likely N-dealkylation sites (tertiary alicyclic amines) is 1. The Balaban J connectivity index is 1.56. The zero-order chi connectivity index (χ0) is 24.9. The van der Waals surface area contributed by atoms with Gasteiger partial charge < -0.3 is 20.0 Å². The van der Waals surface area contributed by atoms with Crippen molar-refractivity contribution < 1.29 is 24.6 Å². The molecule has 3 saturated heterocycles. The lowest BCUT2D eigenvalue weighted by Gasteiger charge is -2.39. The van der Waals surface area contributed by atoms with Crippen molar-refractivity contribution >= 4 is 40.6 Å². The van der Waals surface area contributed by atoms with Crippen LogP contribution in [0.1, 0.15) is 26.2 Å². The standard InChI is InChI=1S/C24H29N5O5S/c1-3-11-27(13-28-16-8-6-5-7-15(16)25-26-28)22(32)20-24-10-9-17(35-24)18(23(33)34)19(24)21(31)29(20)14(4-2)12-30/h3,5-8,14,17-20,30H,1,4,9-13H2,2H3,(H,33,34)/t14-,17-,18+,19-,20?,24?/m0/s1. The summed E-state index contributed by atoms with van der Waals surface area (Å²) >= 11 is 1.48. The maximum absolute atomic E-state index is 14.3. The molecule has 2 amide bonds. The summed E-state index contributed by atoms with van der Waals surface area (Å²) in [7, 11) is 0. The highest BCUT2D eigenvalue weighted by Gasteiger charge is 2.74. The molecule has 1 aromatic heterocycles. The Morgan fingerprint density at radius 1 is 1.40 bits per heavy atom. The number of para-hydroxylation sites is 1. The lowest BCUT2D eigenvalue weighted by Crippen LogP contribution is -2.57. The number of carboxylic acid groups (broad SMARTS) is 1. The molecule has 3 aliphatic heterocycles. The van der Waals surface area contributed by atoms with Crippen LogP contribution in [0, 0.1) is 11.8 Å². The van der Waals surface area contributed by atoms with Crippen molar-refractivity contribution in [3.8, 4) is 0 Å². The smallest absolute Gasteiger partial charge is 0.308 e. The number of fused-ring (bicyclic) bond motifs is 2. The minimum atomic E-state index is -0.996. The van der Waals surface area contributed by atoms with E-state index in [1.807, 2.05) is 31.2 Å². The summed E-state index contributed by atoms with van der Waals surface area (Å²) in [6, 6.07) is 6.01. The first kappa shape index (κ1) is 23.8. The largest absolute Gasteiger partial charge is 0.481 e. The average Bonchev–Trinajstić information content (AvgIpc) is 3.59. The minimum absolute atomic E-state index is 0.108. The highest BCUT2D eigenvalue weighted by atomic mass is 32.2. The average molecular weight is 500 g/mol. The van der Waals surface area contributed by atoms with E-state index in [0.717, 1.165) is 5.52 Å². The first-order chi connectivity index (χ1) is 16.9. The van der Waals surface area contributed by atoms with E-state index in [1.54, 1.807) is 15.7 Å². The van der Waals surface area contributed by atoms with Gasteiger partial charge in [-0.1, -0.05) is 30.3 Å². The molecule has 2 unspecified atom stereocenters. The predicted molar refractivity (Wildman–Crippen MR) is 129 cm³/mol. The maximum atomic E-state index is 14.3. The molecule has 2 aromatic rings. The number of rotatable bonds is 9. The van der Waals surface area contributed by atoms with Gasteiger partial charge in [-0.25, -0.2) is 4.68 Å². The fourth-order valence-corrected chi connectivity index (χ4v) is 8.38. The third-order valence-electron chi connectivity index (χ3n) is 7.72. The monoisotopic (exact) mass is 499 g/mol. The Bertz CT molecular complexity index is 1180. The number of aliphatic hydroxyl groups is 1. The fourth-order valence-electron chi connectivity index (χ4n) is 6.19. The zero-order valence-electron chi connectivity index (χ0n) is 19.5. The number of hydrogen-bond donors (Lipinski definition) is 2. The third kappa shape index (κ3) is 3.47. The first-order valence-electron chi connectivity index (χ1n) is 11.9. The van der Waals surface area contributed by atoms with Crippen LogP contribution in [-0.2, 0) is 21.1 Å². The van der Waals surface area contributed by atoms with Gasteiger partial charge in [0.05, 0.1) is 34.7 Å². The summed E-state index contributed by atoms with van der Waals surface area (Å²) in [4.78, 5) is 43.3. The molecule has 2 N–H and O–H groups in total. The molecule has 0 saturated carbocycles. The second-order valence-electron chi connectivity index (χ2n) is 9.45. The molecule has 11 heteroatoms. The number of nitrogens with zero attached hydrogens (tertiary/aromatic N) is 5. The van der Waals surface area contributed by atoms with E-state index in [-0.39, 0.29) is 36.9 Å². The molecule has 0 aliphatic carbocycles. The normalized spacial score (nSPS) is 30.0. The molecule has 6 atom stereocenters. The number of aliphatic carboxylic acids is 1. The molecule has 5 rings (SSSR count). The van der Waals surface area contributed by atoms with Crippen molar-refractivity contribution in [1.29, 1.82) is 0 Å². The van der Waals surface area contributed by atoms with Crippen molar-refractivity contribution in [3.63, 3.8) is 0 Å². The van der Waals surface area contributed by atoms with Gasteiger partial charge in [0, 0.05) is 11.8 Å². The Labute approximate surface area is 206 Å². The van der Waals surface area contributed by atoms with Crippen molar-refractivity contribution in [1.82, 2.24) is 24.8 Å². The second-order valence-corrected chi connectivity index (χ2v) is 11.1. The Hall–Kier alpha value is -2.92. The van der Waals surface area contributed by atoms with Crippen LogP contribution in [0.2, 0.25) is 0 Å². The predicted octanol–water partition coefficient (Wildman–Crippen LogP) is 1.35. The van der Waals surface area contributed by atoms with E-state index in [9.17, 15) is 24.6 Å². The molecule has 10 nitrogen and oxygen atoms in total. The van der Waals surface area contributed by atoms with Gasteiger partial charge in [0.15, 0.2) is 0 Å². The lowest BCUT2D eigenvalue weighted by molar-refractivity contribution is -0.150. The zero-order valence-corrected chi connectivity index (χ0v) is 20.3. The number of carbonyl (C=O) groups excluding carboxylic acids is 2. The summed E-state index contributed by atoms with van der Waals surface area (Å²) in [5, 5.41) is 28.2. The molecule has 186 valence electrons. The van der Waals surface area contributed by atoms with Gasteiger partial charge in [0.2, 0.25) is 11.8 Å². The summed E-state index contributed by atoms with van der Waals surface area (Å²) < 4.78 is 0.809. The number of hydrogen-bond acceptors (Lipinski definition) is 7. The van der Waals surface area contributed by atoms with Crippen LogP contribution in [0.15, 0.2) is 36.9 Å². The van der Waals surface area contributed by atoms with E-state index in [4.69, 9.17) is 0 Å². The van der Waals surface area contributed by atoms with Crippen LogP contribution in [0.4, 0.5) is 0 Å². The SMILES string of the molecule is C=CCN(Cn1nnc2ccccc21)C(=O)C1N([C@@H](CC)CO)C(=O)[C@@H]2[C@H](C(=O)O)[C@@H]3CCC12S3. The van der Waals surface area contributed by atoms with Gasteiger partial charge in [-0.05, 0) is 31.4 Å². The lowest BCUT2D eigenvalue weighted by atomic mass is 9.71. The van der Waals surface area contributed by atoms with Crippen LogP contribution in [0.5, 0.6) is 0 Å². The molecular weight excluding hydrogens is 470 g/mol. The number of aromatic nitrogens is 3. The molecule has 1 aromatic carbocycles. The summed E-state index contributed by atoms with van der Waals surface area (Å²) in [5.74, 6) is -3.23. The second kappa shape index (κ2) is 8.94. The van der Waals surface area contributed by atoms with Gasteiger partial charge in [0.25, 0.3) is 0 Å². The number of benzene rings is 1. The number of carbonyl (C=O) groups is 3. The number of amides is 2. The topological polar surface area (TPSA) is 129 Å². The summed E-state index contributed by atoms with van der Waals surface area (Å²) in [5.41, 5.74) is 1.48. The quantitative estimate of drug-likeness (QED) is 0.495. The van der Waals surface area contributed by atoms with Crippen LogP contribution >= 0.6 is 11.8 Å². The molecule has 2 bridgehead atoms. The number of aliphatic hydroxyl groups excluding tert-OH is 1. The molecule has 1 spiro atoms. The Morgan fingerprint density at radius 3 is 2.86 bits per heavy atom. The molecule has 4 heterocycles. The highest BCUT2D eigenvalue weighted by Crippen LogP contribution is 2.66. The highest BCUT2D eigenvalue weighted by molar-refractivity contribution is 8.02. The molecule has 3 fully saturated rings. The van der Waals surface area contributed by atoms with Gasteiger partial charge in [-0.15, -0.1) is 23.4 Å². The van der Waals surface area contributed by atoms with E-state index in [0.29, 0.717) is 24.8 Å². The third-order valence-corrected chi connectivity index (χ3v) is 9.67. The van der Waals surface area contributed by atoms with Crippen LogP contribution in [-0.4, -0.2) is 88.0 Å². The van der Waals surface area contributed by atoms with Gasteiger partial charge >= 0.3 is 5.97 Å². The van der Waals surface area contributed by atoms with Crippen molar-refractivity contribution in [2.45, 2.75) is 54.9 Å². The molecule has 3 aliphatic rings. The first-order valence-corrected chi connectivity index (χ1v) is 12.8. The number of thioether (sulfide) groups is 1. The molecular formula is C24H29N5O5S. The van der Waals surface area contributed by atoms with E-state index in [2.05, 4.69) is 16.9 Å². The maximum Gasteiger partial charge on any atom is 0.308 e. The Morgan fingerprint density at radius 2 is 2.17 bits per heavy atom. The van der Waals surface area contributed by atoms with Crippen molar-refractivity contribution in [3.05, 3.63) is 36.9 Å². The van der Waals surface area contributed by atoms with Gasteiger partial charge in [-0.2, -0.15) is 0 Å². The van der Waals surface area contributed by atoms with Crippen LogP contribution in [0.25, 0.3) is 11.0 Å². The van der Waals surface area contributed by atoms with Crippen molar-refractivity contribution in [2.24, 2.45) is 11.8 Å². The van der Waals surface area contributed by atoms with E-state index < -0.39 is 34.6 Å². The molecule has 35 heavy (non-hydrogen) atoms. The van der Waals surface area contributed by atoms with E-state index in [1.165, 1.54) is 16.7 Å². The van der Waals surface area contributed by atoms with Gasteiger partial charge in [0.1, 0.15) is 18.2 Å². The number of carboxylic acids is 1. The van der Waals surface area contributed by atoms with Crippen LogP contribution < -0.4 is 0 Å². The minimum Gasteiger partial charge on any atom is -0.481 e. The molecule has 0 radical (unpaired) electrons. The van der Waals surface area contributed by atoms with Crippen LogP contribution in [0.3, 0.4) is 0 Å². The Kier molecular flexibility index (Phi) is 6.08.